The topological polar surface area (TPSA) is 99.9 Å². The van der Waals surface area contributed by atoms with Crippen LogP contribution < -0.4 is 10.1 Å². The van der Waals surface area contributed by atoms with Gasteiger partial charge in [0, 0.05) is 55.6 Å². The fourth-order valence-electron chi connectivity index (χ4n) is 4.75. The fraction of sp³-hybridized carbons (Fsp3) is 0.370. The van der Waals surface area contributed by atoms with Gasteiger partial charge < -0.3 is 25.0 Å². The molecule has 1 unspecified atom stereocenters. The van der Waals surface area contributed by atoms with Crippen molar-refractivity contribution in [2.24, 2.45) is 0 Å². The molecule has 9 nitrogen and oxygen atoms in total. The van der Waals surface area contributed by atoms with Crippen molar-refractivity contribution in [3.63, 3.8) is 0 Å². The largest absolute Gasteiger partial charge is 0.456 e. The molecule has 0 saturated carbocycles. The van der Waals surface area contributed by atoms with E-state index in [0.717, 1.165) is 46.3 Å². The number of hydrogen-bond acceptors (Lipinski definition) is 7. The van der Waals surface area contributed by atoms with E-state index < -0.39 is 0 Å². The molecule has 2 amide bonds. The quantitative estimate of drug-likeness (QED) is 0.356. The van der Waals surface area contributed by atoms with E-state index in [1.165, 1.54) is 11.3 Å². The number of rotatable bonds is 7. The van der Waals surface area contributed by atoms with Gasteiger partial charge in [0.15, 0.2) is 0 Å². The highest BCUT2D eigenvalue weighted by Crippen LogP contribution is 2.36. The summed E-state index contributed by atoms with van der Waals surface area (Å²) < 4.78 is 8.70. The summed E-state index contributed by atoms with van der Waals surface area (Å²) >= 11 is 1.40. The summed E-state index contributed by atoms with van der Waals surface area (Å²) in [7, 11) is 4.10. The van der Waals surface area contributed by atoms with Crippen LogP contribution in [0.2, 0.25) is 0 Å². The van der Waals surface area contributed by atoms with Gasteiger partial charge in [0.1, 0.15) is 11.5 Å². The lowest BCUT2D eigenvalue weighted by atomic mass is 10.2. The number of pyridine rings is 1. The number of amides is 2. The highest BCUT2D eigenvalue weighted by atomic mass is 32.1. The number of benzene rings is 1. The van der Waals surface area contributed by atoms with E-state index in [1.54, 1.807) is 16.8 Å². The lowest BCUT2D eigenvalue weighted by Crippen LogP contribution is -2.34. The maximum atomic E-state index is 13.2. The van der Waals surface area contributed by atoms with Crippen molar-refractivity contribution in [1.82, 2.24) is 24.7 Å². The summed E-state index contributed by atoms with van der Waals surface area (Å²) in [6.07, 6.45) is 3.17. The van der Waals surface area contributed by atoms with Crippen molar-refractivity contribution in [3.05, 3.63) is 53.2 Å². The van der Waals surface area contributed by atoms with Crippen molar-refractivity contribution in [3.8, 4) is 11.5 Å². The zero-order valence-electron chi connectivity index (χ0n) is 21.2. The summed E-state index contributed by atoms with van der Waals surface area (Å²) in [6, 6.07) is 11.3. The number of nitrogens with zero attached hydrogens (tertiary/aromatic N) is 4. The molecule has 5 rings (SSSR count). The van der Waals surface area contributed by atoms with Gasteiger partial charge in [0.05, 0.1) is 20.6 Å². The number of likely N-dealkylation sites (tertiary alicyclic amines) is 1. The first kappa shape index (κ1) is 25.2. The molecule has 37 heavy (non-hydrogen) atoms. The fourth-order valence-corrected chi connectivity index (χ4v) is 5.78. The van der Waals surface area contributed by atoms with Crippen LogP contribution in [-0.4, -0.2) is 82.8 Å². The van der Waals surface area contributed by atoms with Crippen molar-refractivity contribution in [2.45, 2.75) is 25.8 Å². The standard InChI is InChI=1S/C27H31N5O4S/c1-17-13-18-14-20(5-6-22(18)32(17)27(35)29-9-4-12-33)36-23-7-10-28-21-15-24(37-25(21)23)26(34)31-11-8-19(16-31)30(2)3/h5-7,10,13-15,19,33H,4,8-9,11-12,16H2,1-3H3,(H,29,35). The number of carbonyl (C=O) groups excluding carboxylic acids is 2. The van der Waals surface area contributed by atoms with Crippen LogP contribution in [0.15, 0.2) is 42.6 Å². The average molecular weight is 522 g/mol. The number of nitrogens with one attached hydrogen (secondary N) is 1. The molecule has 4 aromatic rings. The summed E-state index contributed by atoms with van der Waals surface area (Å²) in [5.41, 5.74) is 2.31. The predicted molar refractivity (Wildman–Crippen MR) is 145 cm³/mol. The molecule has 194 valence electrons. The van der Waals surface area contributed by atoms with Crippen LogP contribution >= 0.6 is 11.3 Å². The lowest BCUT2D eigenvalue weighted by Gasteiger charge is -2.19. The van der Waals surface area contributed by atoms with Crippen molar-refractivity contribution in [2.75, 3.05) is 40.3 Å². The highest BCUT2D eigenvalue weighted by Gasteiger charge is 2.29. The number of aryl methyl sites for hydroxylation is 1. The molecule has 1 fully saturated rings. The van der Waals surface area contributed by atoms with Gasteiger partial charge in [-0.25, -0.2) is 4.79 Å². The number of fused-ring (bicyclic) bond motifs is 2. The molecule has 0 spiro atoms. The second-order valence-electron chi connectivity index (χ2n) is 9.54. The Morgan fingerprint density at radius 3 is 2.84 bits per heavy atom. The highest BCUT2D eigenvalue weighted by molar-refractivity contribution is 7.21. The number of likely N-dealkylation sites (N-methyl/N-ethyl adjacent to an activating group) is 1. The van der Waals surface area contributed by atoms with Gasteiger partial charge in [-0.3, -0.25) is 14.3 Å². The Morgan fingerprint density at radius 1 is 1.24 bits per heavy atom. The number of carbonyl (C=O) groups is 2. The van der Waals surface area contributed by atoms with Crippen molar-refractivity contribution in [1.29, 1.82) is 0 Å². The van der Waals surface area contributed by atoms with Crippen LogP contribution in [-0.2, 0) is 0 Å². The third-order valence-corrected chi connectivity index (χ3v) is 7.89. The second kappa shape index (κ2) is 10.5. The number of ether oxygens (including phenoxy) is 1. The van der Waals surface area contributed by atoms with Gasteiger partial charge in [-0.05, 0) is 64.2 Å². The molecule has 0 aliphatic carbocycles. The maximum absolute atomic E-state index is 13.2. The van der Waals surface area contributed by atoms with Crippen LogP contribution in [0.3, 0.4) is 0 Å². The minimum atomic E-state index is -0.226. The number of aliphatic hydroxyl groups is 1. The number of hydrogen-bond donors (Lipinski definition) is 2. The molecule has 1 aliphatic rings. The molecule has 2 N–H and O–H groups in total. The third kappa shape index (κ3) is 5.04. The predicted octanol–water partition coefficient (Wildman–Crippen LogP) is 4.07. The first-order valence-electron chi connectivity index (χ1n) is 12.4. The van der Waals surface area contributed by atoms with Crippen LogP contribution in [0.5, 0.6) is 11.5 Å². The molecule has 3 aromatic heterocycles. The summed E-state index contributed by atoms with van der Waals surface area (Å²) in [5, 5.41) is 12.7. The van der Waals surface area contributed by atoms with E-state index in [0.29, 0.717) is 35.4 Å². The molecular weight excluding hydrogens is 490 g/mol. The second-order valence-corrected chi connectivity index (χ2v) is 10.6. The van der Waals surface area contributed by atoms with E-state index in [1.807, 2.05) is 56.3 Å². The molecule has 1 saturated heterocycles. The Labute approximate surface area is 219 Å². The molecule has 1 aromatic carbocycles. The Kier molecular flexibility index (Phi) is 7.14. The number of aromatic nitrogens is 2. The first-order chi connectivity index (χ1) is 17.9. The Morgan fingerprint density at radius 2 is 2.08 bits per heavy atom. The number of aliphatic hydroxyl groups excluding tert-OH is 1. The summed E-state index contributed by atoms with van der Waals surface area (Å²) in [5.74, 6) is 1.31. The van der Waals surface area contributed by atoms with Crippen LogP contribution in [0.25, 0.3) is 21.1 Å². The minimum Gasteiger partial charge on any atom is -0.456 e. The molecule has 1 aliphatic heterocycles. The van der Waals surface area contributed by atoms with Gasteiger partial charge in [-0.1, -0.05) is 0 Å². The van der Waals surface area contributed by atoms with E-state index in [-0.39, 0.29) is 18.5 Å². The normalized spacial score (nSPS) is 15.7. The zero-order valence-corrected chi connectivity index (χ0v) is 22.0. The van der Waals surface area contributed by atoms with Gasteiger partial charge in [-0.15, -0.1) is 11.3 Å². The minimum absolute atomic E-state index is 0.0315. The lowest BCUT2D eigenvalue weighted by molar-refractivity contribution is 0.0788. The summed E-state index contributed by atoms with van der Waals surface area (Å²) in [6.45, 7) is 3.81. The van der Waals surface area contributed by atoms with Gasteiger partial charge in [-0.2, -0.15) is 0 Å². The zero-order chi connectivity index (χ0) is 26.1. The van der Waals surface area contributed by atoms with E-state index in [2.05, 4.69) is 15.2 Å². The maximum Gasteiger partial charge on any atom is 0.326 e. The smallest absolute Gasteiger partial charge is 0.326 e. The molecule has 0 radical (unpaired) electrons. The van der Waals surface area contributed by atoms with Crippen molar-refractivity contribution < 1.29 is 19.4 Å². The summed E-state index contributed by atoms with van der Waals surface area (Å²) in [4.78, 5) is 35.0. The van der Waals surface area contributed by atoms with Crippen LogP contribution in [0.1, 0.15) is 28.2 Å². The Bertz CT molecular complexity index is 1460. The molecule has 4 heterocycles. The van der Waals surface area contributed by atoms with E-state index >= 15 is 0 Å². The van der Waals surface area contributed by atoms with Gasteiger partial charge in [0.25, 0.3) is 5.91 Å². The number of thiophene rings is 1. The molecule has 1 atom stereocenters. The van der Waals surface area contributed by atoms with Crippen LogP contribution in [0, 0.1) is 6.92 Å². The molecule has 0 bridgehead atoms. The van der Waals surface area contributed by atoms with Crippen molar-refractivity contribution >= 4 is 44.4 Å². The average Bonchev–Trinajstić information content (AvgIpc) is 3.60. The van der Waals surface area contributed by atoms with Gasteiger partial charge >= 0.3 is 6.03 Å². The Hall–Kier alpha value is -3.47. The Balaban J connectivity index is 1.37. The SMILES string of the molecule is Cc1cc2cc(Oc3ccnc4cc(C(=O)N5CCC(N(C)C)C5)sc34)ccc2n1C(=O)NCCCO. The molecular formula is C27H31N5O4S. The van der Waals surface area contributed by atoms with Gasteiger partial charge in [0.2, 0.25) is 0 Å². The third-order valence-electron chi connectivity index (χ3n) is 6.77. The van der Waals surface area contributed by atoms with E-state index in [4.69, 9.17) is 9.84 Å². The van der Waals surface area contributed by atoms with Crippen LogP contribution in [0.4, 0.5) is 4.79 Å². The monoisotopic (exact) mass is 521 g/mol. The first-order valence-corrected chi connectivity index (χ1v) is 13.2. The molecule has 10 heteroatoms. The van der Waals surface area contributed by atoms with E-state index in [9.17, 15) is 9.59 Å².